The number of anilines is 1. The summed E-state index contributed by atoms with van der Waals surface area (Å²) in [6.07, 6.45) is 2.58. The smallest absolute Gasteiger partial charge is 0.261 e. The maximum atomic E-state index is 13.2. The Kier molecular flexibility index (Phi) is 6.07. The van der Waals surface area contributed by atoms with E-state index in [1.807, 2.05) is 48.5 Å². The molecule has 0 atom stereocenters. The topological polar surface area (TPSA) is 78.1 Å². The number of halogens is 1. The van der Waals surface area contributed by atoms with Crippen LogP contribution in [-0.4, -0.2) is 34.9 Å². The van der Waals surface area contributed by atoms with Crippen LogP contribution in [0, 0.1) is 0 Å². The van der Waals surface area contributed by atoms with Crippen molar-refractivity contribution in [2.75, 3.05) is 18.0 Å². The number of aromatic nitrogens is 2. The highest BCUT2D eigenvalue weighted by Gasteiger charge is 2.28. The Morgan fingerprint density at radius 1 is 1.12 bits per heavy atom. The molecule has 8 heteroatoms. The molecule has 0 radical (unpaired) electrons. The molecule has 1 aliphatic heterocycles. The lowest BCUT2D eigenvalue weighted by molar-refractivity contribution is -0.120. The molecule has 4 aromatic rings. The van der Waals surface area contributed by atoms with Crippen LogP contribution in [0.2, 0.25) is 5.02 Å². The van der Waals surface area contributed by atoms with E-state index in [2.05, 4.69) is 15.3 Å². The average Bonchev–Trinajstić information content (AvgIpc) is 3.17. The summed E-state index contributed by atoms with van der Waals surface area (Å²) < 4.78 is 0. The number of rotatable bonds is 6. The van der Waals surface area contributed by atoms with E-state index >= 15 is 0 Å². The first-order valence-electron chi connectivity index (χ1n) is 10.7. The summed E-state index contributed by atoms with van der Waals surface area (Å²) in [4.78, 5) is 36.1. The van der Waals surface area contributed by atoms with E-state index in [4.69, 9.17) is 11.6 Å². The lowest BCUT2D eigenvalue weighted by Crippen LogP contribution is -2.35. The molecule has 0 saturated carbocycles. The van der Waals surface area contributed by atoms with E-state index in [0.29, 0.717) is 35.1 Å². The zero-order chi connectivity index (χ0) is 22.8. The summed E-state index contributed by atoms with van der Waals surface area (Å²) >= 11 is 7.52. The van der Waals surface area contributed by atoms with Gasteiger partial charge in [0.2, 0.25) is 5.91 Å². The number of amides is 2. The molecule has 2 aromatic heterocycles. The molecule has 1 aliphatic rings. The van der Waals surface area contributed by atoms with Gasteiger partial charge in [-0.05, 0) is 48.5 Å². The molecule has 0 aliphatic carbocycles. The molecular weight excluding hydrogens is 456 g/mol. The Morgan fingerprint density at radius 2 is 2.00 bits per heavy atom. The number of nitrogens with zero attached hydrogens (tertiary/aromatic N) is 2. The molecule has 3 heterocycles. The Bertz CT molecular complexity index is 1350. The molecule has 33 heavy (non-hydrogen) atoms. The maximum Gasteiger partial charge on any atom is 0.261 e. The van der Waals surface area contributed by atoms with Gasteiger partial charge in [0.25, 0.3) is 5.91 Å². The highest BCUT2D eigenvalue weighted by Crippen LogP contribution is 2.40. The summed E-state index contributed by atoms with van der Waals surface area (Å²) in [6, 6.07) is 19.0. The molecule has 0 spiro atoms. The van der Waals surface area contributed by atoms with Crippen molar-refractivity contribution < 1.29 is 9.59 Å². The van der Waals surface area contributed by atoms with Crippen molar-refractivity contribution in [1.29, 1.82) is 0 Å². The van der Waals surface area contributed by atoms with Gasteiger partial charge in [0.05, 0.1) is 11.3 Å². The number of H-pyrrole nitrogens is 1. The SMILES string of the molecule is O=C(CCN1C(=O)c2cccnc2Sc2ccccc21)NCCc1cc2cc(Cl)ccc2[nH]1. The molecular formula is C25H21ClN4O2S. The van der Waals surface area contributed by atoms with Crippen LogP contribution in [0.3, 0.4) is 0 Å². The van der Waals surface area contributed by atoms with Gasteiger partial charge in [-0.2, -0.15) is 0 Å². The number of hydrogen-bond acceptors (Lipinski definition) is 4. The van der Waals surface area contributed by atoms with E-state index < -0.39 is 0 Å². The van der Waals surface area contributed by atoms with Crippen LogP contribution in [0.4, 0.5) is 5.69 Å². The van der Waals surface area contributed by atoms with Gasteiger partial charge in [-0.3, -0.25) is 9.59 Å². The molecule has 0 saturated heterocycles. The van der Waals surface area contributed by atoms with Crippen LogP contribution in [0.25, 0.3) is 10.9 Å². The number of pyridine rings is 1. The van der Waals surface area contributed by atoms with Gasteiger partial charge < -0.3 is 15.2 Å². The van der Waals surface area contributed by atoms with Gasteiger partial charge in [0.1, 0.15) is 5.03 Å². The van der Waals surface area contributed by atoms with Crippen molar-refractivity contribution in [1.82, 2.24) is 15.3 Å². The number of hydrogen-bond donors (Lipinski definition) is 2. The minimum Gasteiger partial charge on any atom is -0.358 e. The zero-order valence-corrected chi connectivity index (χ0v) is 19.2. The van der Waals surface area contributed by atoms with E-state index in [1.54, 1.807) is 23.2 Å². The lowest BCUT2D eigenvalue weighted by atomic mass is 10.2. The van der Waals surface area contributed by atoms with Gasteiger partial charge in [-0.1, -0.05) is 35.5 Å². The fourth-order valence-corrected chi connectivity index (χ4v) is 5.12. The summed E-state index contributed by atoms with van der Waals surface area (Å²) in [7, 11) is 0. The van der Waals surface area contributed by atoms with Crippen LogP contribution in [0.15, 0.2) is 76.8 Å². The average molecular weight is 477 g/mol. The minimum absolute atomic E-state index is 0.0947. The van der Waals surface area contributed by atoms with Gasteiger partial charge >= 0.3 is 0 Å². The Labute approximate surface area is 200 Å². The number of benzene rings is 2. The van der Waals surface area contributed by atoms with E-state index in [0.717, 1.165) is 27.2 Å². The van der Waals surface area contributed by atoms with Crippen LogP contribution >= 0.6 is 23.4 Å². The second kappa shape index (κ2) is 9.29. The maximum absolute atomic E-state index is 13.2. The summed E-state index contributed by atoms with van der Waals surface area (Å²) in [5, 5.41) is 5.39. The summed E-state index contributed by atoms with van der Waals surface area (Å²) in [6.45, 7) is 0.800. The number of carbonyl (C=O) groups excluding carboxylic acids is 2. The number of para-hydroxylation sites is 1. The van der Waals surface area contributed by atoms with Crippen molar-refractivity contribution in [3.8, 4) is 0 Å². The third-order valence-corrected chi connectivity index (χ3v) is 6.85. The highest BCUT2D eigenvalue weighted by atomic mass is 35.5. The third kappa shape index (κ3) is 4.60. The van der Waals surface area contributed by atoms with E-state index in [1.165, 1.54) is 11.8 Å². The van der Waals surface area contributed by atoms with Gasteiger partial charge in [-0.25, -0.2) is 4.98 Å². The Morgan fingerprint density at radius 3 is 2.91 bits per heavy atom. The molecule has 0 unspecified atom stereocenters. The van der Waals surface area contributed by atoms with Crippen molar-refractivity contribution in [3.63, 3.8) is 0 Å². The number of nitrogens with one attached hydrogen (secondary N) is 2. The molecule has 6 nitrogen and oxygen atoms in total. The Balaban J connectivity index is 1.22. The number of carbonyl (C=O) groups is 2. The summed E-state index contributed by atoms with van der Waals surface area (Å²) in [5.74, 6) is -0.233. The van der Waals surface area contributed by atoms with Gasteiger partial charge in [-0.15, -0.1) is 0 Å². The zero-order valence-electron chi connectivity index (χ0n) is 17.7. The number of fused-ring (bicyclic) bond motifs is 3. The second-order valence-electron chi connectivity index (χ2n) is 7.76. The van der Waals surface area contributed by atoms with Crippen molar-refractivity contribution in [2.45, 2.75) is 22.8 Å². The normalized spacial score (nSPS) is 12.9. The molecule has 5 rings (SSSR count). The summed E-state index contributed by atoms with van der Waals surface area (Å²) in [5.41, 5.74) is 3.41. The van der Waals surface area contributed by atoms with Crippen LogP contribution in [0.1, 0.15) is 22.5 Å². The van der Waals surface area contributed by atoms with E-state index in [-0.39, 0.29) is 18.2 Å². The van der Waals surface area contributed by atoms with Crippen LogP contribution < -0.4 is 10.2 Å². The highest BCUT2D eigenvalue weighted by molar-refractivity contribution is 7.99. The number of aromatic amines is 1. The monoisotopic (exact) mass is 476 g/mol. The van der Waals surface area contributed by atoms with Gasteiger partial charge in [0, 0.05) is 58.6 Å². The standard InChI is InChI=1S/C25H21ClN4O2S/c26-17-7-8-20-16(14-17)15-18(29-20)9-12-27-23(31)10-13-30-21-5-1-2-6-22(21)33-24-19(25(30)32)4-3-11-28-24/h1-8,11,14-15,29H,9-10,12-13H2,(H,27,31). The molecule has 166 valence electrons. The second-order valence-corrected chi connectivity index (χ2v) is 9.23. The first-order valence-corrected chi connectivity index (χ1v) is 11.9. The predicted molar refractivity (Wildman–Crippen MR) is 131 cm³/mol. The van der Waals surface area contributed by atoms with E-state index in [9.17, 15) is 9.59 Å². The fourth-order valence-electron chi connectivity index (χ4n) is 3.92. The molecule has 0 bridgehead atoms. The Hall–Kier alpha value is -3.29. The van der Waals surface area contributed by atoms with Crippen LogP contribution in [0.5, 0.6) is 0 Å². The molecule has 2 aromatic carbocycles. The quantitative estimate of drug-likeness (QED) is 0.407. The molecule has 0 fully saturated rings. The predicted octanol–water partition coefficient (Wildman–Crippen LogP) is 5.08. The third-order valence-electron chi connectivity index (χ3n) is 5.53. The van der Waals surface area contributed by atoms with Crippen molar-refractivity contribution >= 4 is 51.8 Å². The van der Waals surface area contributed by atoms with Crippen molar-refractivity contribution in [3.05, 3.63) is 83.1 Å². The first-order chi connectivity index (χ1) is 16.1. The minimum atomic E-state index is -0.139. The first kappa shape index (κ1) is 21.6. The van der Waals surface area contributed by atoms with Crippen molar-refractivity contribution in [2.24, 2.45) is 0 Å². The lowest BCUT2D eigenvalue weighted by Gasteiger charge is -2.22. The molecule has 2 amide bonds. The van der Waals surface area contributed by atoms with Gasteiger partial charge in [0.15, 0.2) is 0 Å². The van der Waals surface area contributed by atoms with Crippen LogP contribution in [-0.2, 0) is 11.2 Å². The fraction of sp³-hybridized carbons (Fsp3) is 0.160. The largest absolute Gasteiger partial charge is 0.358 e. The molecule has 2 N–H and O–H groups in total.